The lowest BCUT2D eigenvalue weighted by molar-refractivity contribution is -0.128. The SMILES string of the molecule is O=C1CN(c2cccc(CNO)c2)C(=O)CN1. The number of carbonyl (C=O) groups is 2. The zero-order chi connectivity index (χ0) is 12.3. The third kappa shape index (κ3) is 2.61. The van der Waals surface area contributed by atoms with Crippen molar-refractivity contribution < 1.29 is 14.8 Å². The third-order valence-corrected chi connectivity index (χ3v) is 2.54. The summed E-state index contributed by atoms with van der Waals surface area (Å²) < 4.78 is 0. The molecule has 3 N–H and O–H groups in total. The minimum absolute atomic E-state index is 0.0291. The van der Waals surface area contributed by atoms with E-state index in [1.54, 1.807) is 18.2 Å². The Labute approximate surface area is 98.2 Å². The summed E-state index contributed by atoms with van der Waals surface area (Å²) in [7, 11) is 0. The number of hydrogen-bond acceptors (Lipinski definition) is 4. The Kier molecular flexibility index (Phi) is 3.36. The lowest BCUT2D eigenvalue weighted by atomic mass is 10.1. The molecule has 0 spiro atoms. The Morgan fingerprint density at radius 2 is 2.24 bits per heavy atom. The highest BCUT2D eigenvalue weighted by Crippen LogP contribution is 2.17. The van der Waals surface area contributed by atoms with Crippen LogP contribution < -0.4 is 15.7 Å². The van der Waals surface area contributed by atoms with Crippen molar-refractivity contribution in [1.29, 1.82) is 0 Å². The van der Waals surface area contributed by atoms with Crippen molar-refractivity contribution >= 4 is 17.5 Å². The van der Waals surface area contributed by atoms with Crippen molar-refractivity contribution in [1.82, 2.24) is 10.8 Å². The molecule has 6 nitrogen and oxygen atoms in total. The second-order valence-corrected chi connectivity index (χ2v) is 3.76. The summed E-state index contributed by atoms with van der Waals surface area (Å²) in [5.41, 5.74) is 3.55. The highest BCUT2D eigenvalue weighted by atomic mass is 16.5. The van der Waals surface area contributed by atoms with Crippen LogP contribution in [0.15, 0.2) is 24.3 Å². The van der Waals surface area contributed by atoms with Gasteiger partial charge in [-0.25, -0.2) is 5.48 Å². The van der Waals surface area contributed by atoms with Gasteiger partial charge in [0.2, 0.25) is 11.8 Å². The minimum Gasteiger partial charge on any atom is -0.345 e. The molecule has 1 aliphatic rings. The van der Waals surface area contributed by atoms with E-state index in [1.807, 2.05) is 6.07 Å². The molecule has 1 saturated heterocycles. The second-order valence-electron chi connectivity index (χ2n) is 3.76. The van der Waals surface area contributed by atoms with Gasteiger partial charge in [0.1, 0.15) is 6.54 Å². The molecule has 0 unspecified atom stereocenters. The lowest BCUT2D eigenvalue weighted by Crippen LogP contribution is -2.51. The van der Waals surface area contributed by atoms with Crippen LogP contribution in [-0.4, -0.2) is 30.1 Å². The number of carbonyl (C=O) groups excluding carboxylic acids is 2. The Balaban J connectivity index is 2.22. The van der Waals surface area contributed by atoms with Crippen LogP contribution in [0, 0.1) is 0 Å². The highest BCUT2D eigenvalue weighted by Gasteiger charge is 2.24. The van der Waals surface area contributed by atoms with Crippen LogP contribution in [0.3, 0.4) is 0 Å². The van der Waals surface area contributed by atoms with Gasteiger partial charge in [0, 0.05) is 12.2 Å². The van der Waals surface area contributed by atoms with Gasteiger partial charge in [-0.2, -0.15) is 0 Å². The molecule has 2 amide bonds. The first kappa shape index (κ1) is 11.6. The third-order valence-electron chi connectivity index (χ3n) is 2.54. The molecule has 0 atom stereocenters. The van der Waals surface area contributed by atoms with Crippen LogP contribution in [0.5, 0.6) is 0 Å². The number of piperazine rings is 1. The first-order valence-corrected chi connectivity index (χ1v) is 5.23. The minimum atomic E-state index is -0.171. The number of amides is 2. The molecule has 90 valence electrons. The number of benzene rings is 1. The van der Waals surface area contributed by atoms with E-state index in [0.717, 1.165) is 5.56 Å². The summed E-state index contributed by atoms with van der Waals surface area (Å²) in [6.07, 6.45) is 0. The number of hydrogen-bond donors (Lipinski definition) is 3. The van der Waals surface area contributed by atoms with E-state index in [1.165, 1.54) is 4.90 Å². The summed E-state index contributed by atoms with van der Waals surface area (Å²) in [6, 6.07) is 7.13. The van der Waals surface area contributed by atoms with Gasteiger partial charge in [0.15, 0.2) is 0 Å². The van der Waals surface area contributed by atoms with E-state index in [4.69, 9.17) is 5.21 Å². The van der Waals surface area contributed by atoms with Gasteiger partial charge in [0.05, 0.1) is 6.54 Å². The molecule has 2 rings (SSSR count). The quantitative estimate of drug-likeness (QED) is 0.624. The Morgan fingerprint density at radius 1 is 1.41 bits per heavy atom. The molecular formula is C11H13N3O3. The molecule has 17 heavy (non-hydrogen) atoms. The van der Waals surface area contributed by atoms with Gasteiger partial charge < -0.3 is 15.4 Å². The molecule has 0 aliphatic carbocycles. The predicted octanol–water partition coefficient (Wildman–Crippen LogP) is -0.372. The van der Waals surface area contributed by atoms with Crippen molar-refractivity contribution in [2.24, 2.45) is 0 Å². The van der Waals surface area contributed by atoms with Crippen LogP contribution in [0.1, 0.15) is 5.56 Å². The maximum atomic E-state index is 11.7. The van der Waals surface area contributed by atoms with Crippen LogP contribution in [-0.2, 0) is 16.1 Å². The molecule has 0 aromatic heterocycles. The maximum absolute atomic E-state index is 11.7. The molecule has 6 heteroatoms. The smallest absolute Gasteiger partial charge is 0.246 e. The fourth-order valence-electron chi connectivity index (χ4n) is 1.72. The monoisotopic (exact) mass is 235 g/mol. The van der Waals surface area contributed by atoms with Crippen molar-refractivity contribution in [2.45, 2.75) is 6.54 Å². The van der Waals surface area contributed by atoms with Crippen molar-refractivity contribution in [3.8, 4) is 0 Å². The molecule has 1 fully saturated rings. The van der Waals surface area contributed by atoms with E-state index in [2.05, 4.69) is 10.8 Å². The lowest BCUT2D eigenvalue weighted by Gasteiger charge is -2.26. The summed E-state index contributed by atoms with van der Waals surface area (Å²) in [5, 5.41) is 11.1. The van der Waals surface area contributed by atoms with Gasteiger partial charge in [0.25, 0.3) is 0 Å². The topological polar surface area (TPSA) is 81.7 Å². The summed E-state index contributed by atoms with van der Waals surface area (Å²) in [4.78, 5) is 24.3. The fraction of sp³-hybridized carbons (Fsp3) is 0.273. The normalized spacial score (nSPS) is 15.9. The number of nitrogens with one attached hydrogen (secondary N) is 2. The van der Waals surface area contributed by atoms with Crippen molar-refractivity contribution in [3.63, 3.8) is 0 Å². The van der Waals surface area contributed by atoms with Crippen LogP contribution in [0.2, 0.25) is 0 Å². The average Bonchev–Trinajstić information content (AvgIpc) is 2.33. The first-order valence-electron chi connectivity index (χ1n) is 5.23. The first-order chi connectivity index (χ1) is 8.20. The predicted molar refractivity (Wildman–Crippen MR) is 60.4 cm³/mol. The van der Waals surface area contributed by atoms with Gasteiger partial charge in [-0.15, -0.1) is 0 Å². The maximum Gasteiger partial charge on any atom is 0.246 e. The van der Waals surface area contributed by atoms with Crippen LogP contribution >= 0.6 is 0 Å². The molecule has 0 saturated carbocycles. The molecule has 1 heterocycles. The molecular weight excluding hydrogens is 222 g/mol. The Hall–Kier alpha value is -1.92. The van der Waals surface area contributed by atoms with E-state index < -0.39 is 0 Å². The summed E-state index contributed by atoms with van der Waals surface area (Å²) >= 11 is 0. The number of nitrogens with zero attached hydrogens (tertiary/aromatic N) is 1. The van der Waals surface area contributed by atoms with Crippen molar-refractivity contribution in [3.05, 3.63) is 29.8 Å². The van der Waals surface area contributed by atoms with Crippen molar-refractivity contribution in [2.75, 3.05) is 18.0 Å². The average molecular weight is 235 g/mol. The van der Waals surface area contributed by atoms with E-state index in [9.17, 15) is 9.59 Å². The number of hydroxylamine groups is 1. The Bertz CT molecular complexity index is 447. The molecule has 1 aliphatic heterocycles. The molecule has 1 aromatic carbocycles. The highest BCUT2D eigenvalue weighted by molar-refractivity contribution is 6.04. The second kappa shape index (κ2) is 4.94. The zero-order valence-corrected chi connectivity index (χ0v) is 9.14. The number of anilines is 1. The standard InChI is InChI=1S/C11H13N3O3/c15-10-7-14(11(16)6-12-10)9-3-1-2-8(4-9)5-13-17/h1-4,13,17H,5-7H2,(H,12,15). The largest absolute Gasteiger partial charge is 0.345 e. The summed E-state index contributed by atoms with van der Waals surface area (Å²) in [5.74, 6) is -0.311. The molecule has 1 aromatic rings. The van der Waals surface area contributed by atoms with E-state index >= 15 is 0 Å². The summed E-state index contributed by atoms with van der Waals surface area (Å²) in [6.45, 7) is 0.359. The fourth-order valence-corrected chi connectivity index (χ4v) is 1.72. The zero-order valence-electron chi connectivity index (χ0n) is 9.14. The van der Waals surface area contributed by atoms with Gasteiger partial charge in [-0.3, -0.25) is 9.59 Å². The van der Waals surface area contributed by atoms with Gasteiger partial charge >= 0.3 is 0 Å². The van der Waals surface area contributed by atoms with Crippen LogP contribution in [0.25, 0.3) is 0 Å². The van der Waals surface area contributed by atoms with E-state index in [-0.39, 0.29) is 24.9 Å². The molecule has 0 bridgehead atoms. The van der Waals surface area contributed by atoms with E-state index in [0.29, 0.717) is 12.2 Å². The van der Waals surface area contributed by atoms with Gasteiger partial charge in [-0.05, 0) is 17.7 Å². The van der Waals surface area contributed by atoms with Gasteiger partial charge in [-0.1, -0.05) is 12.1 Å². The Morgan fingerprint density at radius 3 is 3.00 bits per heavy atom. The number of rotatable bonds is 3. The molecule has 0 radical (unpaired) electrons. The van der Waals surface area contributed by atoms with Crippen LogP contribution in [0.4, 0.5) is 5.69 Å².